The molecule has 6 nitrogen and oxygen atoms in total. The van der Waals surface area contributed by atoms with E-state index in [0.717, 1.165) is 141 Å². The number of allylic oxidation sites excluding steroid dienone is 20. The molecule has 0 aliphatic rings. The Balaban J connectivity index is 4.22. The fourth-order valence-corrected chi connectivity index (χ4v) is 9.52. The predicted molar refractivity (Wildman–Crippen MR) is 357 cm³/mol. The van der Waals surface area contributed by atoms with Crippen LogP contribution >= 0.6 is 0 Å². The standard InChI is InChI=1S/C76H128O6/c1-4-7-10-13-16-19-22-24-26-28-30-32-34-35-36-37-38-39-40-41-43-44-46-48-50-52-54-57-60-63-66-69-75(78)81-72-73(71-80-74(77)68-65-62-59-56-21-18-15-12-9-6-3)82-76(79)70-67-64-61-58-55-53-51-49-47-45-42-33-31-29-27-25-23-20-17-14-11-8-5-2/h8,11-12,15,17,20,22,24-25,27-28,30-31,33-35,45,47,51,53,73H,4-7,9-10,13-14,16,18-19,21,23,26,29,32,36-44,46,48-50,52,54-72H2,1-3H3/b11-8-,15-12-,20-17-,24-22-,27-25-,30-28-,33-31-,35-34-,47-45-,53-51-. The quantitative estimate of drug-likeness (QED) is 0.0261. The van der Waals surface area contributed by atoms with E-state index in [-0.39, 0.29) is 31.1 Å². The molecule has 1 unspecified atom stereocenters. The molecule has 6 heteroatoms. The van der Waals surface area contributed by atoms with Gasteiger partial charge in [-0.25, -0.2) is 0 Å². The lowest BCUT2D eigenvalue weighted by Gasteiger charge is -2.18. The van der Waals surface area contributed by atoms with Crippen molar-refractivity contribution in [2.45, 2.75) is 329 Å². The SMILES string of the molecule is CC/C=C\C/C=C\C/C=C\C/C=C\C/C=C\C/C=C\CCCCCCC(=O)OC(COC(=O)CCCCCCC/C=C\CCC)COC(=O)CCCCCCCCCCCCCCCCCC/C=C\C/C=C\C/C=C\CCCCCCC. The van der Waals surface area contributed by atoms with Gasteiger partial charge in [0.25, 0.3) is 0 Å². The molecule has 0 fully saturated rings. The molecule has 82 heavy (non-hydrogen) atoms. The number of carbonyl (C=O) groups is 3. The molecule has 0 saturated heterocycles. The van der Waals surface area contributed by atoms with E-state index < -0.39 is 6.10 Å². The number of carbonyl (C=O) groups excluding carboxylic acids is 3. The fraction of sp³-hybridized carbons (Fsp3) is 0.697. The van der Waals surface area contributed by atoms with E-state index in [1.807, 2.05) is 0 Å². The minimum Gasteiger partial charge on any atom is -0.462 e. The molecule has 1 atom stereocenters. The van der Waals surface area contributed by atoms with Crippen molar-refractivity contribution >= 4 is 17.9 Å². The molecule has 0 heterocycles. The van der Waals surface area contributed by atoms with Crippen molar-refractivity contribution in [1.29, 1.82) is 0 Å². The first-order valence-electron chi connectivity index (χ1n) is 34.5. The topological polar surface area (TPSA) is 78.9 Å². The molecule has 0 aromatic rings. The Labute approximate surface area is 507 Å². The highest BCUT2D eigenvalue weighted by Crippen LogP contribution is 2.16. The van der Waals surface area contributed by atoms with Crippen LogP contribution < -0.4 is 0 Å². The van der Waals surface area contributed by atoms with E-state index in [1.54, 1.807) is 0 Å². The van der Waals surface area contributed by atoms with Crippen LogP contribution in [0.25, 0.3) is 0 Å². The van der Waals surface area contributed by atoms with Gasteiger partial charge in [0, 0.05) is 19.3 Å². The summed E-state index contributed by atoms with van der Waals surface area (Å²) >= 11 is 0. The Morgan fingerprint density at radius 2 is 0.500 bits per heavy atom. The van der Waals surface area contributed by atoms with E-state index in [1.165, 1.54) is 141 Å². The number of rotatable bonds is 62. The van der Waals surface area contributed by atoms with Crippen LogP contribution in [0.2, 0.25) is 0 Å². The monoisotopic (exact) mass is 1140 g/mol. The number of unbranched alkanes of at least 4 members (excludes halogenated alkanes) is 31. The smallest absolute Gasteiger partial charge is 0.306 e. The van der Waals surface area contributed by atoms with Gasteiger partial charge in [0.2, 0.25) is 0 Å². The van der Waals surface area contributed by atoms with Gasteiger partial charge < -0.3 is 14.2 Å². The maximum Gasteiger partial charge on any atom is 0.306 e. The average molecular weight is 1140 g/mol. The molecule has 0 rings (SSSR count). The largest absolute Gasteiger partial charge is 0.462 e. The first-order valence-corrected chi connectivity index (χ1v) is 34.5. The van der Waals surface area contributed by atoms with Crippen LogP contribution in [0, 0.1) is 0 Å². The second-order valence-corrected chi connectivity index (χ2v) is 22.7. The molecule has 0 aromatic carbocycles. The van der Waals surface area contributed by atoms with Crippen molar-refractivity contribution in [3.8, 4) is 0 Å². The Morgan fingerprint density at radius 1 is 0.256 bits per heavy atom. The molecule has 0 aliphatic carbocycles. The van der Waals surface area contributed by atoms with Gasteiger partial charge in [-0.05, 0) is 128 Å². The zero-order valence-electron chi connectivity index (χ0n) is 53.7. The van der Waals surface area contributed by atoms with Crippen LogP contribution in [0.3, 0.4) is 0 Å². The van der Waals surface area contributed by atoms with Gasteiger partial charge in [-0.15, -0.1) is 0 Å². The van der Waals surface area contributed by atoms with E-state index in [2.05, 4.69) is 142 Å². The summed E-state index contributed by atoms with van der Waals surface area (Å²) in [5.41, 5.74) is 0. The second-order valence-electron chi connectivity index (χ2n) is 22.7. The van der Waals surface area contributed by atoms with Crippen LogP contribution in [-0.4, -0.2) is 37.2 Å². The highest BCUT2D eigenvalue weighted by Gasteiger charge is 2.19. The fourth-order valence-electron chi connectivity index (χ4n) is 9.52. The van der Waals surface area contributed by atoms with E-state index in [4.69, 9.17) is 14.2 Å². The first-order chi connectivity index (χ1) is 40.5. The van der Waals surface area contributed by atoms with Gasteiger partial charge in [-0.1, -0.05) is 296 Å². The first kappa shape index (κ1) is 77.8. The van der Waals surface area contributed by atoms with E-state index in [9.17, 15) is 14.4 Å². The van der Waals surface area contributed by atoms with Gasteiger partial charge in [-0.2, -0.15) is 0 Å². The van der Waals surface area contributed by atoms with Crippen LogP contribution in [0.1, 0.15) is 323 Å². The molecular weight excluding hydrogens is 1010 g/mol. The van der Waals surface area contributed by atoms with Crippen molar-refractivity contribution in [2.75, 3.05) is 13.2 Å². The maximum atomic E-state index is 12.9. The predicted octanol–water partition coefficient (Wildman–Crippen LogP) is 23.9. The van der Waals surface area contributed by atoms with Gasteiger partial charge in [-0.3, -0.25) is 14.4 Å². The second kappa shape index (κ2) is 69.3. The minimum atomic E-state index is -0.798. The molecule has 0 N–H and O–H groups in total. The summed E-state index contributed by atoms with van der Waals surface area (Å²) in [6, 6.07) is 0. The lowest BCUT2D eigenvalue weighted by molar-refractivity contribution is -0.167. The Kier molecular flexibility index (Phi) is 65.8. The van der Waals surface area contributed by atoms with Gasteiger partial charge in [0.1, 0.15) is 13.2 Å². The van der Waals surface area contributed by atoms with Crippen molar-refractivity contribution in [2.24, 2.45) is 0 Å². The van der Waals surface area contributed by atoms with Crippen molar-refractivity contribution in [1.82, 2.24) is 0 Å². The molecule has 0 aliphatic heterocycles. The van der Waals surface area contributed by atoms with Gasteiger partial charge in [0.05, 0.1) is 0 Å². The van der Waals surface area contributed by atoms with Crippen LogP contribution in [-0.2, 0) is 28.6 Å². The lowest BCUT2D eigenvalue weighted by atomic mass is 10.0. The summed E-state index contributed by atoms with van der Waals surface area (Å²) in [5.74, 6) is -0.922. The molecule has 468 valence electrons. The number of esters is 3. The van der Waals surface area contributed by atoms with Gasteiger partial charge >= 0.3 is 17.9 Å². The zero-order chi connectivity index (χ0) is 59.2. The molecule has 0 amide bonds. The van der Waals surface area contributed by atoms with Crippen molar-refractivity contribution < 1.29 is 28.6 Å². The molecule has 0 radical (unpaired) electrons. The van der Waals surface area contributed by atoms with Crippen molar-refractivity contribution in [3.63, 3.8) is 0 Å². The van der Waals surface area contributed by atoms with E-state index >= 15 is 0 Å². The van der Waals surface area contributed by atoms with Crippen molar-refractivity contribution in [3.05, 3.63) is 122 Å². The molecule has 0 saturated carbocycles. The third-order valence-electron chi connectivity index (χ3n) is 14.7. The molecule has 0 aromatic heterocycles. The number of hydrogen-bond donors (Lipinski definition) is 0. The highest BCUT2D eigenvalue weighted by molar-refractivity contribution is 5.71. The third kappa shape index (κ3) is 66.6. The summed E-state index contributed by atoms with van der Waals surface area (Å²) in [5, 5.41) is 0. The van der Waals surface area contributed by atoms with Crippen LogP contribution in [0.4, 0.5) is 0 Å². The maximum absolute atomic E-state index is 12.9. The summed E-state index contributed by atoms with van der Waals surface area (Å²) in [4.78, 5) is 38.3. The summed E-state index contributed by atoms with van der Waals surface area (Å²) in [6.45, 7) is 6.44. The third-order valence-corrected chi connectivity index (χ3v) is 14.7. The van der Waals surface area contributed by atoms with Crippen LogP contribution in [0.5, 0.6) is 0 Å². The molecule has 0 spiro atoms. The summed E-state index contributed by atoms with van der Waals surface area (Å²) in [6.07, 6.45) is 96.6. The number of ether oxygens (including phenoxy) is 3. The normalized spacial score (nSPS) is 12.9. The Bertz CT molecular complexity index is 1690. The minimum absolute atomic E-state index is 0.0919. The average Bonchev–Trinajstić information content (AvgIpc) is 3.47. The van der Waals surface area contributed by atoms with Gasteiger partial charge in [0.15, 0.2) is 6.10 Å². The Hall–Kier alpha value is -4.19. The molecule has 0 bridgehead atoms. The lowest BCUT2D eigenvalue weighted by Crippen LogP contribution is -2.30. The van der Waals surface area contributed by atoms with Crippen LogP contribution in [0.15, 0.2) is 122 Å². The number of hydrogen-bond acceptors (Lipinski definition) is 6. The highest BCUT2D eigenvalue weighted by atomic mass is 16.6. The summed E-state index contributed by atoms with van der Waals surface area (Å²) in [7, 11) is 0. The molecular formula is C76H128O6. The van der Waals surface area contributed by atoms with E-state index in [0.29, 0.717) is 19.3 Å². The Morgan fingerprint density at radius 3 is 0.805 bits per heavy atom. The zero-order valence-corrected chi connectivity index (χ0v) is 53.7. The summed E-state index contributed by atoms with van der Waals surface area (Å²) < 4.78 is 16.9.